The van der Waals surface area contributed by atoms with Crippen LogP contribution in [0.4, 0.5) is 0 Å². The maximum Gasteiger partial charge on any atom is 0.161 e. The molecule has 0 amide bonds. The predicted molar refractivity (Wildman–Crippen MR) is 60.6 cm³/mol. The molecular weight excluding hydrogens is 228 g/mol. The number of aromatic nitrogens is 2. The lowest BCUT2D eigenvalue weighted by atomic mass is 10.1. The van der Waals surface area contributed by atoms with E-state index in [1.165, 1.54) is 0 Å². The number of halogens is 1. The van der Waals surface area contributed by atoms with Crippen molar-refractivity contribution >= 4 is 11.6 Å². The summed E-state index contributed by atoms with van der Waals surface area (Å²) in [5.74, 6) is 0.944. The fraction of sp³-hybridized carbons (Fsp3) is 0.636. The van der Waals surface area contributed by atoms with Crippen LogP contribution in [0.25, 0.3) is 0 Å². The Balaban J connectivity index is 2.25. The van der Waals surface area contributed by atoms with E-state index in [0.717, 1.165) is 5.69 Å². The van der Waals surface area contributed by atoms with E-state index in [-0.39, 0.29) is 6.10 Å². The van der Waals surface area contributed by atoms with Gasteiger partial charge in [-0.05, 0) is 12.0 Å². The van der Waals surface area contributed by atoms with Gasteiger partial charge in [-0.25, -0.2) is 9.97 Å². The molecule has 1 unspecified atom stereocenters. The monoisotopic (exact) mass is 242 g/mol. The van der Waals surface area contributed by atoms with Crippen molar-refractivity contribution < 1.29 is 9.47 Å². The van der Waals surface area contributed by atoms with Gasteiger partial charge in [0.05, 0.1) is 19.8 Å². The van der Waals surface area contributed by atoms with E-state index in [1.807, 2.05) is 0 Å². The molecule has 5 heteroatoms. The largest absolute Gasteiger partial charge is 0.376 e. The van der Waals surface area contributed by atoms with Gasteiger partial charge in [-0.15, -0.1) is 0 Å². The fourth-order valence-corrected chi connectivity index (χ4v) is 1.73. The summed E-state index contributed by atoms with van der Waals surface area (Å²) in [5, 5.41) is 0.461. The van der Waals surface area contributed by atoms with E-state index < -0.39 is 0 Å². The Morgan fingerprint density at radius 2 is 2.19 bits per heavy atom. The van der Waals surface area contributed by atoms with Gasteiger partial charge in [0, 0.05) is 5.69 Å². The third-order valence-electron chi connectivity index (χ3n) is 2.43. The van der Waals surface area contributed by atoms with E-state index in [4.69, 9.17) is 21.1 Å². The summed E-state index contributed by atoms with van der Waals surface area (Å²) in [6, 6.07) is 1.79. The van der Waals surface area contributed by atoms with Crippen molar-refractivity contribution in [2.75, 3.05) is 19.8 Å². The summed E-state index contributed by atoms with van der Waals surface area (Å²) in [6.07, 6.45) is -0.190. The van der Waals surface area contributed by atoms with Gasteiger partial charge in [0.1, 0.15) is 11.3 Å². The molecule has 0 bridgehead atoms. The number of hydrogen-bond donors (Lipinski definition) is 0. The fourth-order valence-electron chi connectivity index (χ4n) is 1.53. The highest BCUT2D eigenvalue weighted by Gasteiger charge is 2.21. The minimum atomic E-state index is -0.190. The Kier molecular flexibility index (Phi) is 3.74. The Morgan fingerprint density at radius 3 is 2.81 bits per heavy atom. The van der Waals surface area contributed by atoms with Gasteiger partial charge in [0.15, 0.2) is 5.82 Å². The van der Waals surface area contributed by atoms with Crippen LogP contribution in [-0.2, 0) is 9.47 Å². The number of hydrogen-bond acceptors (Lipinski definition) is 4. The van der Waals surface area contributed by atoms with Crippen molar-refractivity contribution in [2.45, 2.75) is 25.9 Å². The Bertz CT molecular complexity index is 365. The van der Waals surface area contributed by atoms with Crippen molar-refractivity contribution in [2.24, 2.45) is 0 Å². The second-order valence-corrected chi connectivity index (χ2v) is 4.45. The quantitative estimate of drug-likeness (QED) is 0.747. The van der Waals surface area contributed by atoms with E-state index in [1.54, 1.807) is 6.07 Å². The lowest BCUT2D eigenvalue weighted by Crippen LogP contribution is -2.24. The molecule has 0 saturated carbocycles. The predicted octanol–water partition coefficient (Wildman–Crippen LogP) is 2.34. The molecule has 0 spiro atoms. The van der Waals surface area contributed by atoms with Crippen LogP contribution in [0.3, 0.4) is 0 Å². The summed E-state index contributed by atoms with van der Waals surface area (Å²) in [5.41, 5.74) is 0.934. The highest BCUT2D eigenvalue weighted by atomic mass is 35.5. The number of ether oxygens (including phenoxy) is 2. The highest BCUT2D eigenvalue weighted by Crippen LogP contribution is 2.22. The first-order valence-electron chi connectivity index (χ1n) is 5.40. The topological polar surface area (TPSA) is 44.2 Å². The molecule has 16 heavy (non-hydrogen) atoms. The summed E-state index contributed by atoms with van der Waals surface area (Å²) < 4.78 is 10.9. The van der Waals surface area contributed by atoms with Crippen LogP contribution in [0.5, 0.6) is 0 Å². The summed E-state index contributed by atoms with van der Waals surface area (Å²) in [7, 11) is 0. The molecule has 0 N–H and O–H groups in total. The van der Waals surface area contributed by atoms with Gasteiger partial charge in [-0.1, -0.05) is 25.4 Å². The normalized spacial score (nSPS) is 21.4. The van der Waals surface area contributed by atoms with E-state index >= 15 is 0 Å². The molecule has 1 aromatic heterocycles. The van der Waals surface area contributed by atoms with Gasteiger partial charge < -0.3 is 9.47 Å². The third-order valence-corrected chi connectivity index (χ3v) is 2.62. The van der Waals surface area contributed by atoms with Crippen molar-refractivity contribution in [1.82, 2.24) is 9.97 Å². The van der Waals surface area contributed by atoms with Crippen LogP contribution in [0.1, 0.15) is 37.4 Å². The molecule has 1 saturated heterocycles. The second-order valence-electron chi connectivity index (χ2n) is 4.06. The van der Waals surface area contributed by atoms with Gasteiger partial charge in [0.2, 0.25) is 0 Å². The van der Waals surface area contributed by atoms with Gasteiger partial charge >= 0.3 is 0 Å². The first kappa shape index (κ1) is 11.8. The molecule has 2 heterocycles. The van der Waals surface area contributed by atoms with Crippen LogP contribution in [0.2, 0.25) is 5.15 Å². The van der Waals surface area contributed by atoms with Crippen molar-refractivity contribution in [3.8, 4) is 0 Å². The standard InChI is InChI=1S/C11H15ClN2O2/c1-7(2)8-5-10(12)14-11(13-8)9-6-15-3-4-16-9/h5,7,9H,3-4,6H2,1-2H3. The molecule has 0 radical (unpaired) electrons. The van der Waals surface area contributed by atoms with Gasteiger partial charge in [-0.3, -0.25) is 0 Å². The summed E-state index contributed by atoms with van der Waals surface area (Å²) >= 11 is 5.97. The molecule has 1 atom stereocenters. The first-order chi connectivity index (χ1) is 7.66. The lowest BCUT2D eigenvalue weighted by molar-refractivity contribution is -0.0936. The Morgan fingerprint density at radius 1 is 1.38 bits per heavy atom. The van der Waals surface area contributed by atoms with E-state index in [2.05, 4.69) is 23.8 Å². The highest BCUT2D eigenvalue weighted by molar-refractivity contribution is 6.29. The molecule has 1 aliphatic rings. The average molecular weight is 243 g/mol. The average Bonchev–Trinajstić information content (AvgIpc) is 2.29. The maximum absolute atomic E-state index is 5.97. The molecule has 88 valence electrons. The van der Waals surface area contributed by atoms with E-state index in [9.17, 15) is 0 Å². The summed E-state index contributed by atoms with van der Waals surface area (Å²) in [4.78, 5) is 8.65. The Labute approximate surface area is 99.9 Å². The van der Waals surface area contributed by atoms with Crippen LogP contribution < -0.4 is 0 Å². The minimum Gasteiger partial charge on any atom is -0.376 e. The zero-order chi connectivity index (χ0) is 11.5. The first-order valence-corrected chi connectivity index (χ1v) is 5.78. The van der Waals surface area contributed by atoms with Gasteiger partial charge in [0.25, 0.3) is 0 Å². The summed E-state index contributed by atoms with van der Waals surface area (Å²) in [6.45, 7) is 5.85. The SMILES string of the molecule is CC(C)c1cc(Cl)nc(C2COCCO2)n1. The smallest absolute Gasteiger partial charge is 0.161 e. The zero-order valence-electron chi connectivity index (χ0n) is 9.44. The van der Waals surface area contributed by atoms with Crippen LogP contribution in [-0.4, -0.2) is 29.8 Å². The lowest BCUT2D eigenvalue weighted by Gasteiger charge is -2.22. The van der Waals surface area contributed by atoms with Gasteiger partial charge in [-0.2, -0.15) is 0 Å². The molecule has 4 nitrogen and oxygen atoms in total. The van der Waals surface area contributed by atoms with E-state index in [0.29, 0.717) is 36.7 Å². The molecule has 1 fully saturated rings. The molecule has 1 aliphatic heterocycles. The molecule has 2 rings (SSSR count). The minimum absolute atomic E-state index is 0.190. The number of rotatable bonds is 2. The zero-order valence-corrected chi connectivity index (χ0v) is 10.2. The molecule has 1 aromatic rings. The molecule has 0 aliphatic carbocycles. The second kappa shape index (κ2) is 5.08. The Hall–Kier alpha value is -0.710. The van der Waals surface area contributed by atoms with Crippen molar-refractivity contribution in [3.63, 3.8) is 0 Å². The number of nitrogens with zero attached hydrogens (tertiary/aromatic N) is 2. The van der Waals surface area contributed by atoms with Crippen LogP contribution >= 0.6 is 11.6 Å². The van der Waals surface area contributed by atoms with Crippen LogP contribution in [0, 0.1) is 0 Å². The molecule has 0 aromatic carbocycles. The maximum atomic E-state index is 5.97. The molecular formula is C11H15ClN2O2. The van der Waals surface area contributed by atoms with Crippen molar-refractivity contribution in [1.29, 1.82) is 0 Å². The third kappa shape index (κ3) is 2.70. The van der Waals surface area contributed by atoms with Crippen molar-refractivity contribution in [3.05, 3.63) is 22.7 Å². The van der Waals surface area contributed by atoms with Crippen LogP contribution in [0.15, 0.2) is 6.07 Å².